The third-order valence-electron chi connectivity index (χ3n) is 6.80. The third-order valence-corrected chi connectivity index (χ3v) is 7.19. The van der Waals surface area contributed by atoms with E-state index < -0.39 is 6.04 Å². The maximum atomic E-state index is 14.3. The molecule has 0 bridgehead atoms. The number of H-pyrrole nitrogens is 1. The molecule has 0 saturated carbocycles. The summed E-state index contributed by atoms with van der Waals surface area (Å²) in [5, 5.41) is 5.24. The lowest BCUT2D eigenvalue weighted by Gasteiger charge is -2.23. The van der Waals surface area contributed by atoms with Gasteiger partial charge in [-0.2, -0.15) is 0 Å². The number of para-hydroxylation sites is 1. The van der Waals surface area contributed by atoms with Crippen molar-refractivity contribution >= 4 is 51.4 Å². The maximum Gasteiger partial charge on any atom is 0.263 e. The summed E-state index contributed by atoms with van der Waals surface area (Å²) in [6.45, 7) is 1.89. The van der Waals surface area contributed by atoms with Crippen LogP contribution in [0.5, 0.6) is 0 Å². The average Bonchev–Trinajstić information content (AvgIpc) is 2.98. The van der Waals surface area contributed by atoms with Crippen LogP contribution in [0.4, 0.5) is 5.82 Å². The lowest BCUT2D eigenvalue weighted by Crippen LogP contribution is -2.27. The van der Waals surface area contributed by atoms with Gasteiger partial charge in [0.25, 0.3) is 5.56 Å². The second kappa shape index (κ2) is 10.6. The Hall–Kier alpha value is -5.01. The van der Waals surface area contributed by atoms with Crippen LogP contribution in [0.1, 0.15) is 29.8 Å². The van der Waals surface area contributed by atoms with Crippen LogP contribution >= 0.6 is 11.6 Å². The molecule has 0 aliphatic heterocycles. The van der Waals surface area contributed by atoms with Crippen molar-refractivity contribution in [2.75, 3.05) is 5.32 Å². The van der Waals surface area contributed by atoms with Crippen LogP contribution < -0.4 is 16.3 Å². The van der Waals surface area contributed by atoms with Crippen molar-refractivity contribution in [1.82, 2.24) is 19.5 Å². The van der Waals surface area contributed by atoms with Crippen molar-refractivity contribution in [2.45, 2.75) is 13.0 Å². The van der Waals surface area contributed by atoms with E-state index in [2.05, 4.69) is 20.3 Å². The van der Waals surface area contributed by atoms with E-state index in [1.54, 1.807) is 10.8 Å². The first-order chi connectivity index (χ1) is 19.5. The topological polar surface area (TPSA) is 92.7 Å². The zero-order valence-corrected chi connectivity index (χ0v) is 22.3. The molecule has 6 rings (SSSR count). The molecule has 0 aliphatic carbocycles. The Morgan fingerprint density at radius 2 is 1.62 bits per heavy atom. The number of nitrogens with one attached hydrogen (secondary N) is 2. The smallest absolute Gasteiger partial charge is 0.263 e. The van der Waals surface area contributed by atoms with Crippen molar-refractivity contribution in [2.24, 2.45) is 0 Å². The molecule has 0 radical (unpaired) electrons. The molecular weight excluding hydrogens is 522 g/mol. The van der Waals surface area contributed by atoms with E-state index in [4.69, 9.17) is 11.6 Å². The zero-order chi connectivity index (χ0) is 27.6. The molecule has 3 aromatic heterocycles. The summed E-state index contributed by atoms with van der Waals surface area (Å²) < 4.78 is 1.63. The van der Waals surface area contributed by atoms with Crippen molar-refractivity contribution in [3.8, 4) is 5.69 Å². The number of fused-ring (bicyclic) bond motifs is 2. The first-order valence-electron chi connectivity index (χ1n) is 12.8. The first-order valence-corrected chi connectivity index (χ1v) is 13.2. The van der Waals surface area contributed by atoms with E-state index in [9.17, 15) is 9.59 Å². The van der Waals surface area contributed by atoms with Gasteiger partial charge in [0.15, 0.2) is 5.43 Å². The molecule has 0 amide bonds. The highest BCUT2D eigenvalue weighted by atomic mass is 35.5. The summed E-state index contributed by atoms with van der Waals surface area (Å²) in [5.41, 5.74) is 3.00. The van der Waals surface area contributed by atoms with E-state index >= 15 is 0 Å². The molecule has 1 atom stereocenters. The van der Waals surface area contributed by atoms with Gasteiger partial charge in [-0.05, 0) is 30.2 Å². The van der Waals surface area contributed by atoms with Gasteiger partial charge in [0.05, 0.1) is 22.1 Å². The number of hydrogen-bond acceptors (Lipinski definition) is 5. The Morgan fingerprint density at radius 3 is 2.40 bits per heavy atom. The molecule has 6 aromatic rings. The quantitative estimate of drug-likeness (QED) is 0.229. The van der Waals surface area contributed by atoms with Crippen LogP contribution in [0, 0.1) is 0 Å². The molecule has 196 valence electrons. The number of nitrogens with zero attached hydrogens (tertiary/aromatic N) is 3. The Morgan fingerprint density at radius 1 is 0.875 bits per heavy atom. The summed E-state index contributed by atoms with van der Waals surface area (Å²) >= 11 is 7.14. The van der Waals surface area contributed by atoms with Gasteiger partial charge < -0.3 is 10.3 Å². The minimum atomic E-state index is -0.508. The minimum absolute atomic E-state index is 0.201. The second-order valence-corrected chi connectivity index (χ2v) is 9.72. The number of benzene rings is 3. The molecule has 0 fully saturated rings. The largest absolute Gasteiger partial charge is 0.361 e. The van der Waals surface area contributed by atoms with E-state index in [0.717, 1.165) is 11.1 Å². The summed E-state index contributed by atoms with van der Waals surface area (Å²) in [6, 6.07) is 25.9. The van der Waals surface area contributed by atoms with Crippen LogP contribution in [0.15, 0.2) is 107 Å². The van der Waals surface area contributed by atoms with E-state index in [0.29, 0.717) is 44.0 Å². The van der Waals surface area contributed by atoms with Gasteiger partial charge in [0.2, 0.25) is 0 Å². The highest BCUT2D eigenvalue weighted by Crippen LogP contribution is 2.34. The van der Waals surface area contributed by atoms with Gasteiger partial charge in [-0.3, -0.25) is 14.2 Å². The Bertz CT molecular complexity index is 2000. The number of aromatic nitrogens is 4. The predicted octanol–water partition coefficient (Wildman–Crippen LogP) is 6.62. The monoisotopic (exact) mass is 545 g/mol. The lowest BCUT2D eigenvalue weighted by atomic mass is 10.0. The fourth-order valence-corrected chi connectivity index (χ4v) is 5.35. The zero-order valence-electron chi connectivity index (χ0n) is 21.5. The van der Waals surface area contributed by atoms with Gasteiger partial charge >= 0.3 is 0 Å². The van der Waals surface area contributed by atoms with Crippen LogP contribution in [0.25, 0.3) is 39.6 Å². The molecule has 0 unspecified atom stereocenters. The lowest BCUT2D eigenvalue weighted by molar-refractivity contribution is 0.774. The standard InChI is InChI=1S/C32H24ClN5O2/c1-20(37-31-27-25(39)17-18-34-30(27)35-19-36-31)29-28(33)24-14-8-11-22(16-15-21-9-4-2-5-10-21)26(24)32(40)38(29)23-12-6-3-7-13-23/h2-20H,1H3,(H2,34,35,36,37,39)/b16-15+/t20-/m0/s1. The summed E-state index contributed by atoms with van der Waals surface area (Å²) in [4.78, 5) is 38.5. The number of rotatable bonds is 6. The highest BCUT2D eigenvalue weighted by molar-refractivity contribution is 6.36. The molecule has 2 N–H and O–H groups in total. The van der Waals surface area contributed by atoms with Gasteiger partial charge in [0, 0.05) is 23.3 Å². The number of anilines is 1. The molecule has 7 nitrogen and oxygen atoms in total. The normalized spacial score (nSPS) is 12.2. The van der Waals surface area contributed by atoms with Gasteiger partial charge in [-0.15, -0.1) is 0 Å². The summed E-state index contributed by atoms with van der Waals surface area (Å²) in [7, 11) is 0. The third kappa shape index (κ3) is 4.57. The molecule has 0 spiro atoms. The number of aromatic amines is 1. The van der Waals surface area contributed by atoms with Crippen LogP contribution in [0.2, 0.25) is 5.02 Å². The van der Waals surface area contributed by atoms with Crippen LogP contribution in [0.3, 0.4) is 0 Å². The van der Waals surface area contributed by atoms with Crippen molar-refractivity contribution in [1.29, 1.82) is 0 Å². The number of pyridine rings is 2. The Kier molecular flexibility index (Phi) is 6.72. The Labute approximate surface area is 234 Å². The Balaban J connectivity index is 1.56. The second-order valence-electron chi connectivity index (χ2n) is 9.34. The van der Waals surface area contributed by atoms with E-state index in [1.165, 1.54) is 12.4 Å². The highest BCUT2D eigenvalue weighted by Gasteiger charge is 2.23. The maximum absolute atomic E-state index is 14.3. The fourth-order valence-electron chi connectivity index (χ4n) is 4.95. The van der Waals surface area contributed by atoms with E-state index in [-0.39, 0.29) is 11.0 Å². The van der Waals surface area contributed by atoms with Crippen LogP contribution in [-0.2, 0) is 0 Å². The molecule has 3 heterocycles. The first kappa shape index (κ1) is 25.3. The van der Waals surface area contributed by atoms with Gasteiger partial charge in [0.1, 0.15) is 23.2 Å². The molecule has 8 heteroatoms. The van der Waals surface area contributed by atoms with Crippen LogP contribution in [-0.4, -0.2) is 19.5 Å². The molecule has 3 aromatic carbocycles. The van der Waals surface area contributed by atoms with Crippen molar-refractivity contribution < 1.29 is 0 Å². The summed E-state index contributed by atoms with van der Waals surface area (Å²) in [6.07, 6.45) is 6.84. The number of halogens is 1. The van der Waals surface area contributed by atoms with Crippen molar-refractivity contribution in [3.63, 3.8) is 0 Å². The van der Waals surface area contributed by atoms with Crippen molar-refractivity contribution in [3.05, 3.63) is 140 Å². The predicted molar refractivity (Wildman–Crippen MR) is 162 cm³/mol. The molecule has 40 heavy (non-hydrogen) atoms. The number of hydrogen-bond donors (Lipinski definition) is 2. The van der Waals surface area contributed by atoms with E-state index in [1.807, 2.05) is 97.9 Å². The van der Waals surface area contributed by atoms with Gasteiger partial charge in [-0.25, -0.2) is 9.97 Å². The molecule has 0 saturated heterocycles. The minimum Gasteiger partial charge on any atom is -0.361 e. The molecular formula is C32H24ClN5O2. The average molecular weight is 546 g/mol. The summed E-state index contributed by atoms with van der Waals surface area (Å²) in [5.74, 6) is 0.349. The molecule has 0 aliphatic rings. The SMILES string of the molecule is C[C@H](Nc1ncnc2[nH]ccc(=O)c12)c1c(Cl)c2cccc(/C=C/c3ccccc3)c2c(=O)n1-c1ccccc1. The fraction of sp³-hybridized carbons (Fsp3) is 0.0625. The van der Waals surface area contributed by atoms with Gasteiger partial charge in [-0.1, -0.05) is 90.5 Å².